The van der Waals surface area contributed by atoms with E-state index in [4.69, 9.17) is 14.0 Å². The first-order chi connectivity index (χ1) is 15.7. The Morgan fingerprint density at radius 2 is 1.97 bits per heavy atom. The van der Waals surface area contributed by atoms with Crippen molar-refractivity contribution in [2.75, 3.05) is 6.61 Å². The number of aromatic nitrogens is 2. The van der Waals surface area contributed by atoms with Crippen molar-refractivity contribution in [3.8, 4) is 34.7 Å². The van der Waals surface area contributed by atoms with Crippen LogP contribution >= 0.6 is 0 Å². The number of hydrogen-bond donors (Lipinski definition) is 0. The highest BCUT2D eigenvalue weighted by molar-refractivity contribution is 5.70. The molecule has 0 aliphatic carbocycles. The molecule has 0 N–H and O–H groups in total. The quantitative estimate of drug-likeness (QED) is 0.412. The van der Waals surface area contributed by atoms with E-state index in [1.165, 1.54) is 0 Å². The summed E-state index contributed by atoms with van der Waals surface area (Å²) in [5.74, 6) is 1.12. The van der Waals surface area contributed by atoms with Crippen LogP contribution in [0, 0.1) is 18.3 Å². The zero-order chi connectivity index (χ0) is 24.0. The average Bonchev–Trinajstić information content (AvgIpc) is 3.25. The van der Waals surface area contributed by atoms with Crippen molar-refractivity contribution in [3.05, 3.63) is 53.1 Å². The highest BCUT2D eigenvalue weighted by Gasteiger charge is 2.17. The van der Waals surface area contributed by atoms with E-state index in [9.17, 15) is 10.1 Å². The predicted molar refractivity (Wildman–Crippen MR) is 125 cm³/mol. The Balaban J connectivity index is 1.74. The molecule has 1 aromatic heterocycles. The molecule has 0 amide bonds. The molecule has 0 unspecified atom stereocenters. The van der Waals surface area contributed by atoms with Gasteiger partial charge in [0.25, 0.3) is 5.89 Å². The van der Waals surface area contributed by atoms with E-state index in [-0.39, 0.29) is 5.97 Å². The monoisotopic (exact) mass is 447 g/mol. The minimum atomic E-state index is -0.482. The lowest BCUT2D eigenvalue weighted by molar-refractivity contribution is -0.154. The average molecular weight is 448 g/mol. The summed E-state index contributed by atoms with van der Waals surface area (Å²) in [5.41, 5.74) is 3.45. The maximum Gasteiger partial charge on any atom is 0.306 e. The van der Waals surface area contributed by atoms with Gasteiger partial charge in [0.2, 0.25) is 5.82 Å². The first kappa shape index (κ1) is 24.0. The van der Waals surface area contributed by atoms with Gasteiger partial charge in [-0.15, -0.1) is 0 Å². The Morgan fingerprint density at radius 3 is 2.64 bits per heavy atom. The van der Waals surface area contributed by atoms with Crippen LogP contribution in [-0.4, -0.2) is 28.3 Å². The first-order valence-corrected chi connectivity index (χ1v) is 11.0. The van der Waals surface area contributed by atoms with Crippen LogP contribution < -0.4 is 4.74 Å². The lowest BCUT2D eigenvalue weighted by Gasteiger charge is -2.19. The van der Waals surface area contributed by atoms with E-state index in [2.05, 4.69) is 16.2 Å². The van der Waals surface area contributed by atoms with Crippen molar-refractivity contribution in [1.29, 1.82) is 5.26 Å². The SMILES string of the molecule is CCCOc1ccc(-c2nc(-c3ccc(CCC(=O)OC(C)(C)C)cc3C)no2)cc1C#N. The molecular weight excluding hydrogens is 418 g/mol. The van der Waals surface area contributed by atoms with Gasteiger partial charge in [-0.05, 0) is 69.9 Å². The summed E-state index contributed by atoms with van der Waals surface area (Å²) in [6.07, 6.45) is 1.78. The molecule has 0 spiro atoms. The lowest BCUT2D eigenvalue weighted by Crippen LogP contribution is -2.24. The molecule has 172 valence electrons. The summed E-state index contributed by atoms with van der Waals surface area (Å²) >= 11 is 0. The van der Waals surface area contributed by atoms with Crippen LogP contribution in [-0.2, 0) is 16.0 Å². The van der Waals surface area contributed by atoms with Crippen LogP contribution in [0.4, 0.5) is 0 Å². The highest BCUT2D eigenvalue weighted by Crippen LogP contribution is 2.29. The van der Waals surface area contributed by atoms with Gasteiger partial charge in [-0.3, -0.25) is 4.79 Å². The summed E-state index contributed by atoms with van der Waals surface area (Å²) in [6.45, 7) is 10.1. The van der Waals surface area contributed by atoms with Crippen molar-refractivity contribution in [2.24, 2.45) is 0 Å². The summed E-state index contributed by atoms with van der Waals surface area (Å²) in [4.78, 5) is 16.5. The topological polar surface area (TPSA) is 98.2 Å². The van der Waals surface area contributed by atoms with Crippen LogP contribution in [0.3, 0.4) is 0 Å². The fraction of sp³-hybridized carbons (Fsp3) is 0.385. The fourth-order valence-corrected chi connectivity index (χ4v) is 3.31. The molecule has 33 heavy (non-hydrogen) atoms. The maximum absolute atomic E-state index is 12.0. The smallest absolute Gasteiger partial charge is 0.306 e. The fourth-order valence-electron chi connectivity index (χ4n) is 3.31. The minimum absolute atomic E-state index is 0.213. The molecule has 0 bridgehead atoms. The van der Waals surface area contributed by atoms with Gasteiger partial charge >= 0.3 is 5.97 Å². The summed E-state index contributed by atoms with van der Waals surface area (Å²) in [5, 5.41) is 13.6. The zero-order valence-corrected chi connectivity index (χ0v) is 19.8. The molecule has 0 aliphatic rings. The lowest BCUT2D eigenvalue weighted by atomic mass is 10.0. The standard InChI is InChI=1S/C26H29N3O4/c1-6-13-31-22-11-9-19(15-20(22)16-27)25-28-24(29-33-25)21-10-7-18(14-17(21)2)8-12-23(30)32-26(3,4)5/h7,9-11,14-15H,6,8,12-13H2,1-5H3. The maximum atomic E-state index is 12.0. The zero-order valence-electron chi connectivity index (χ0n) is 19.8. The number of esters is 1. The molecule has 3 aromatic rings. The van der Waals surface area contributed by atoms with Crippen molar-refractivity contribution in [3.63, 3.8) is 0 Å². The van der Waals surface area contributed by atoms with Gasteiger partial charge in [0.1, 0.15) is 17.4 Å². The Kier molecular flexibility index (Phi) is 7.49. The molecule has 0 saturated heterocycles. The molecule has 3 rings (SSSR count). The Labute approximate surface area is 194 Å². The molecule has 1 heterocycles. The van der Waals surface area contributed by atoms with Crippen LogP contribution in [0.1, 0.15) is 57.2 Å². The van der Waals surface area contributed by atoms with E-state index < -0.39 is 5.60 Å². The van der Waals surface area contributed by atoms with Crippen molar-refractivity contribution >= 4 is 5.97 Å². The van der Waals surface area contributed by atoms with E-state index in [1.807, 2.05) is 52.8 Å². The number of aryl methyl sites for hydroxylation is 2. The molecule has 0 saturated carbocycles. The Morgan fingerprint density at radius 1 is 1.18 bits per heavy atom. The van der Waals surface area contributed by atoms with Crippen molar-refractivity contribution < 1.29 is 18.8 Å². The minimum Gasteiger partial charge on any atom is -0.492 e. The number of nitriles is 1. The second kappa shape index (κ2) is 10.3. The Hall–Kier alpha value is -3.66. The predicted octanol–water partition coefficient (Wildman–Crippen LogP) is 5.65. The van der Waals surface area contributed by atoms with Crippen LogP contribution in [0.5, 0.6) is 5.75 Å². The third-order valence-corrected chi connectivity index (χ3v) is 4.80. The third-order valence-electron chi connectivity index (χ3n) is 4.80. The molecule has 0 fully saturated rings. The number of hydrogen-bond acceptors (Lipinski definition) is 7. The number of benzene rings is 2. The first-order valence-electron chi connectivity index (χ1n) is 11.0. The molecule has 2 aromatic carbocycles. The van der Waals surface area contributed by atoms with Gasteiger partial charge in [0, 0.05) is 17.5 Å². The van der Waals surface area contributed by atoms with Crippen LogP contribution in [0.25, 0.3) is 22.8 Å². The van der Waals surface area contributed by atoms with Crippen molar-refractivity contribution in [1.82, 2.24) is 10.1 Å². The van der Waals surface area contributed by atoms with E-state index in [0.717, 1.165) is 23.1 Å². The highest BCUT2D eigenvalue weighted by atomic mass is 16.6. The molecule has 7 nitrogen and oxygen atoms in total. The van der Waals surface area contributed by atoms with Crippen LogP contribution in [0.2, 0.25) is 0 Å². The van der Waals surface area contributed by atoms with Gasteiger partial charge < -0.3 is 14.0 Å². The normalized spacial score (nSPS) is 11.2. The molecule has 7 heteroatoms. The van der Waals surface area contributed by atoms with Gasteiger partial charge in [-0.2, -0.15) is 10.2 Å². The summed E-state index contributed by atoms with van der Waals surface area (Å²) in [7, 11) is 0. The van der Waals surface area contributed by atoms with Gasteiger partial charge in [0.15, 0.2) is 0 Å². The number of ether oxygens (including phenoxy) is 2. The number of carbonyl (C=O) groups is 1. The number of carbonyl (C=O) groups excluding carboxylic acids is 1. The van der Waals surface area contributed by atoms with Crippen molar-refractivity contribution in [2.45, 2.75) is 59.5 Å². The molecular formula is C26H29N3O4. The van der Waals surface area contributed by atoms with Crippen LogP contribution in [0.15, 0.2) is 40.9 Å². The molecule has 0 aliphatic heterocycles. The second-order valence-electron chi connectivity index (χ2n) is 8.83. The third kappa shape index (κ3) is 6.42. The molecule has 0 radical (unpaired) electrons. The molecule has 0 atom stereocenters. The van der Waals surface area contributed by atoms with E-state index >= 15 is 0 Å². The number of rotatable bonds is 8. The van der Waals surface area contributed by atoms with E-state index in [0.29, 0.717) is 48.0 Å². The summed E-state index contributed by atoms with van der Waals surface area (Å²) in [6, 6.07) is 13.3. The van der Waals surface area contributed by atoms with Gasteiger partial charge in [0.05, 0.1) is 12.2 Å². The largest absolute Gasteiger partial charge is 0.492 e. The second-order valence-corrected chi connectivity index (χ2v) is 8.83. The Bertz CT molecular complexity index is 1170. The summed E-state index contributed by atoms with van der Waals surface area (Å²) < 4.78 is 16.4. The van der Waals surface area contributed by atoms with E-state index in [1.54, 1.807) is 18.2 Å². The van der Waals surface area contributed by atoms with Gasteiger partial charge in [-0.1, -0.05) is 30.3 Å². The number of nitrogens with zero attached hydrogens (tertiary/aromatic N) is 3. The van der Waals surface area contributed by atoms with Gasteiger partial charge in [-0.25, -0.2) is 0 Å².